The van der Waals surface area contributed by atoms with Crippen LogP contribution in [0, 0.1) is 5.92 Å². The van der Waals surface area contributed by atoms with Crippen LogP contribution in [0.15, 0.2) is 4.99 Å². The van der Waals surface area contributed by atoms with Gasteiger partial charge in [0.25, 0.3) is 0 Å². The van der Waals surface area contributed by atoms with Crippen molar-refractivity contribution in [2.75, 3.05) is 52.9 Å². The van der Waals surface area contributed by atoms with Gasteiger partial charge in [-0.2, -0.15) is 0 Å². The number of ether oxygens (including phenoxy) is 1. The zero-order valence-electron chi connectivity index (χ0n) is 19.5. The van der Waals surface area contributed by atoms with E-state index in [1.165, 1.54) is 45.3 Å². The van der Waals surface area contributed by atoms with Crippen LogP contribution >= 0.6 is 24.0 Å². The Hall–Kier alpha value is -0.770. The molecule has 0 atom stereocenters. The highest BCUT2D eigenvalue weighted by Crippen LogP contribution is 2.19. The van der Waals surface area contributed by atoms with Gasteiger partial charge in [-0.15, -0.1) is 24.0 Å². The topological polar surface area (TPSA) is 69.2 Å². The van der Waals surface area contributed by atoms with Crippen LogP contribution in [0.2, 0.25) is 0 Å². The van der Waals surface area contributed by atoms with E-state index in [1.807, 2.05) is 32.7 Å². The smallest absolute Gasteiger partial charge is 0.410 e. The zero-order valence-corrected chi connectivity index (χ0v) is 21.9. The molecule has 2 heterocycles. The molecule has 0 aromatic carbocycles. The zero-order chi connectivity index (χ0) is 21.1. The third kappa shape index (κ3) is 11.0. The molecule has 0 radical (unpaired) electrons. The number of aliphatic imine (C=N–C) groups is 1. The van der Waals surface area contributed by atoms with E-state index >= 15 is 0 Å². The number of nitrogens with zero attached hydrogens (tertiary/aromatic N) is 3. The molecule has 2 saturated heterocycles. The molecule has 2 rings (SSSR count). The number of carbonyl (C=O) groups is 1. The van der Waals surface area contributed by atoms with Gasteiger partial charge in [0.15, 0.2) is 5.96 Å². The van der Waals surface area contributed by atoms with Gasteiger partial charge in [0, 0.05) is 33.2 Å². The molecule has 8 heteroatoms. The Bertz CT molecular complexity index is 508. The molecule has 30 heavy (non-hydrogen) atoms. The van der Waals surface area contributed by atoms with Crippen molar-refractivity contribution < 1.29 is 9.53 Å². The Labute approximate surface area is 200 Å². The monoisotopic (exact) mass is 537 g/mol. The van der Waals surface area contributed by atoms with Crippen molar-refractivity contribution in [2.45, 2.75) is 71.3 Å². The normalized spacial score (nSPS) is 19.6. The average Bonchev–Trinajstić information content (AvgIpc) is 2.95. The maximum Gasteiger partial charge on any atom is 0.410 e. The molecule has 7 nitrogen and oxygen atoms in total. The summed E-state index contributed by atoms with van der Waals surface area (Å²) >= 11 is 0. The Morgan fingerprint density at radius 1 is 1.03 bits per heavy atom. The fourth-order valence-electron chi connectivity index (χ4n) is 3.98. The molecule has 0 bridgehead atoms. The minimum absolute atomic E-state index is 0. The van der Waals surface area contributed by atoms with Crippen LogP contribution in [-0.4, -0.2) is 80.3 Å². The molecule has 0 saturated carbocycles. The second kappa shape index (κ2) is 14.3. The highest BCUT2D eigenvalue weighted by Gasteiger charge is 2.26. The molecule has 0 aromatic heterocycles. The van der Waals surface area contributed by atoms with Crippen molar-refractivity contribution in [3.63, 3.8) is 0 Å². The minimum atomic E-state index is -0.430. The van der Waals surface area contributed by atoms with Gasteiger partial charge in [0.2, 0.25) is 0 Å². The number of rotatable bonds is 6. The highest BCUT2D eigenvalue weighted by atomic mass is 127. The lowest BCUT2D eigenvalue weighted by atomic mass is 9.97. The van der Waals surface area contributed by atoms with Crippen LogP contribution in [0.4, 0.5) is 4.79 Å². The van der Waals surface area contributed by atoms with Crippen LogP contribution in [0.25, 0.3) is 0 Å². The standard InChI is InChI=1S/C22H43N5O2.HI/c1-22(2,3)29-21(28)27-16-10-19(11-17-27)18-25-20(23-4)24-12-9-15-26-13-7-5-6-8-14-26;/h19H,5-18H2,1-4H3,(H2,23,24,25);1H. The first-order chi connectivity index (χ1) is 13.9. The number of hydrogen-bond donors (Lipinski definition) is 2. The van der Waals surface area contributed by atoms with Gasteiger partial charge in [-0.05, 0) is 78.4 Å². The molecule has 0 aromatic rings. The first-order valence-corrected chi connectivity index (χ1v) is 11.5. The first-order valence-electron chi connectivity index (χ1n) is 11.5. The second-order valence-corrected chi connectivity index (χ2v) is 9.40. The summed E-state index contributed by atoms with van der Waals surface area (Å²) in [5, 5.41) is 6.91. The largest absolute Gasteiger partial charge is 0.444 e. The summed E-state index contributed by atoms with van der Waals surface area (Å²) in [6.45, 7) is 12.8. The number of halogens is 1. The Kier molecular flexibility index (Phi) is 13.0. The lowest BCUT2D eigenvalue weighted by Crippen LogP contribution is -2.45. The molecular formula is C22H44IN5O2. The molecule has 2 aliphatic heterocycles. The summed E-state index contributed by atoms with van der Waals surface area (Å²) in [4.78, 5) is 21.0. The van der Waals surface area contributed by atoms with Crippen molar-refractivity contribution >= 4 is 36.0 Å². The second-order valence-electron chi connectivity index (χ2n) is 9.40. The van der Waals surface area contributed by atoms with E-state index in [9.17, 15) is 4.79 Å². The van der Waals surface area contributed by atoms with Crippen LogP contribution in [0.1, 0.15) is 65.7 Å². The fraction of sp³-hybridized carbons (Fsp3) is 0.909. The molecular weight excluding hydrogens is 493 g/mol. The van der Waals surface area contributed by atoms with Gasteiger partial charge in [-0.3, -0.25) is 4.99 Å². The van der Waals surface area contributed by atoms with Crippen LogP contribution in [0.3, 0.4) is 0 Å². The number of amides is 1. The van der Waals surface area contributed by atoms with Crippen LogP contribution in [-0.2, 0) is 4.74 Å². The molecule has 0 spiro atoms. The number of likely N-dealkylation sites (tertiary alicyclic amines) is 2. The predicted octanol–water partition coefficient (Wildman–Crippen LogP) is 3.68. The van der Waals surface area contributed by atoms with E-state index in [0.717, 1.165) is 51.4 Å². The summed E-state index contributed by atoms with van der Waals surface area (Å²) in [7, 11) is 1.83. The van der Waals surface area contributed by atoms with E-state index in [-0.39, 0.29) is 30.1 Å². The van der Waals surface area contributed by atoms with Crippen molar-refractivity contribution in [1.29, 1.82) is 0 Å². The Balaban J connectivity index is 0.00000450. The highest BCUT2D eigenvalue weighted by molar-refractivity contribution is 14.0. The molecule has 176 valence electrons. The number of guanidine groups is 1. The van der Waals surface area contributed by atoms with E-state index in [2.05, 4.69) is 20.5 Å². The van der Waals surface area contributed by atoms with Gasteiger partial charge >= 0.3 is 6.09 Å². The van der Waals surface area contributed by atoms with E-state index in [1.54, 1.807) is 0 Å². The van der Waals surface area contributed by atoms with Crippen molar-refractivity contribution in [2.24, 2.45) is 10.9 Å². The third-order valence-electron chi connectivity index (χ3n) is 5.69. The van der Waals surface area contributed by atoms with Gasteiger partial charge in [0.05, 0.1) is 0 Å². The predicted molar refractivity (Wildman–Crippen MR) is 135 cm³/mol. The van der Waals surface area contributed by atoms with Crippen molar-refractivity contribution in [3.8, 4) is 0 Å². The van der Waals surface area contributed by atoms with Crippen LogP contribution < -0.4 is 10.6 Å². The SMILES string of the molecule is CN=C(NCCCN1CCCCCC1)NCC1CCN(C(=O)OC(C)(C)C)CC1.I. The van der Waals surface area contributed by atoms with Gasteiger partial charge in [0.1, 0.15) is 5.60 Å². The molecule has 2 aliphatic rings. The lowest BCUT2D eigenvalue weighted by molar-refractivity contribution is 0.0185. The summed E-state index contributed by atoms with van der Waals surface area (Å²) in [6, 6.07) is 0. The molecule has 0 aliphatic carbocycles. The van der Waals surface area contributed by atoms with Crippen LogP contribution in [0.5, 0.6) is 0 Å². The minimum Gasteiger partial charge on any atom is -0.444 e. The molecule has 1 amide bonds. The summed E-state index contributed by atoms with van der Waals surface area (Å²) < 4.78 is 5.47. The fourth-order valence-corrected chi connectivity index (χ4v) is 3.98. The summed E-state index contributed by atoms with van der Waals surface area (Å²) in [6.07, 6.45) is 8.44. The van der Waals surface area contributed by atoms with Crippen molar-refractivity contribution in [3.05, 3.63) is 0 Å². The van der Waals surface area contributed by atoms with Gasteiger partial charge in [-0.1, -0.05) is 12.8 Å². The first kappa shape index (κ1) is 27.3. The number of carbonyl (C=O) groups excluding carboxylic acids is 1. The number of piperidine rings is 1. The summed E-state index contributed by atoms with van der Waals surface area (Å²) in [5.74, 6) is 1.44. The molecule has 0 unspecified atom stereocenters. The van der Waals surface area contributed by atoms with Crippen molar-refractivity contribution in [1.82, 2.24) is 20.4 Å². The lowest BCUT2D eigenvalue weighted by Gasteiger charge is -2.33. The maximum atomic E-state index is 12.2. The summed E-state index contributed by atoms with van der Waals surface area (Å²) in [5.41, 5.74) is -0.430. The third-order valence-corrected chi connectivity index (χ3v) is 5.69. The maximum absolute atomic E-state index is 12.2. The van der Waals surface area contributed by atoms with Gasteiger partial charge < -0.3 is 25.2 Å². The Morgan fingerprint density at radius 2 is 1.67 bits per heavy atom. The van der Waals surface area contributed by atoms with E-state index in [4.69, 9.17) is 4.74 Å². The van der Waals surface area contributed by atoms with E-state index in [0.29, 0.717) is 5.92 Å². The number of nitrogens with one attached hydrogen (secondary N) is 2. The average molecular weight is 538 g/mol. The quantitative estimate of drug-likeness (QED) is 0.234. The van der Waals surface area contributed by atoms with E-state index < -0.39 is 5.60 Å². The number of hydrogen-bond acceptors (Lipinski definition) is 4. The molecule has 2 N–H and O–H groups in total. The van der Waals surface area contributed by atoms with Gasteiger partial charge in [-0.25, -0.2) is 4.79 Å². The molecule has 2 fully saturated rings. The Morgan fingerprint density at radius 3 is 2.23 bits per heavy atom.